The summed E-state index contributed by atoms with van der Waals surface area (Å²) in [5.74, 6) is 0.362. The first-order chi connectivity index (χ1) is 11.2. The van der Waals surface area contributed by atoms with E-state index in [-0.39, 0.29) is 9.80 Å². The molecule has 0 amide bonds. The SMILES string of the molecule is CC(=O)C(=CNc1cc(C)nc(C)n1)S(=O)(=O)c1ccc(Cl)cc1. The number of allylic oxidation sites excluding steroid dienone is 1. The molecular formula is C16H16ClN3O3S. The summed E-state index contributed by atoms with van der Waals surface area (Å²) in [4.78, 5) is 19.7. The first-order valence-corrected chi connectivity index (χ1v) is 8.87. The largest absolute Gasteiger partial charge is 0.345 e. The third-order valence-corrected chi connectivity index (χ3v) is 5.21. The summed E-state index contributed by atoms with van der Waals surface area (Å²) in [5, 5.41) is 3.17. The molecule has 8 heteroatoms. The Morgan fingerprint density at radius 3 is 2.33 bits per heavy atom. The number of benzene rings is 1. The van der Waals surface area contributed by atoms with Crippen LogP contribution in [0, 0.1) is 13.8 Å². The molecule has 0 fully saturated rings. The number of aromatic nitrogens is 2. The number of aryl methyl sites for hydroxylation is 2. The molecule has 24 heavy (non-hydrogen) atoms. The van der Waals surface area contributed by atoms with E-state index in [2.05, 4.69) is 15.3 Å². The van der Waals surface area contributed by atoms with Crippen molar-refractivity contribution in [1.82, 2.24) is 9.97 Å². The molecule has 1 heterocycles. The Hall–Kier alpha value is -2.25. The highest BCUT2D eigenvalue weighted by Crippen LogP contribution is 2.22. The van der Waals surface area contributed by atoms with Gasteiger partial charge in [0.1, 0.15) is 16.5 Å². The normalized spacial score (nSPS) is 12.1. The predicted octanol–water partition coefficient (Wildman–Crippen LogP) is 3.06. The molecule has 126 valence electrons. The molecule has 2 aromatic rings. The van der Waals surface area contributed by atoms with Crippen LogP contribution < -0.4 is 5.32 Å². The van der Waals surface area contributed by atoms with Gasteiger partial charge in [0.05, 0.1) is 4.90 Å². The van der Waals surface area contributed by atoms with Crippen molar-refractivity contribution in [1.29, 1.82) is 0 Å². The summed E-state index contributed by atoms with van der Waals surface area (Å²) in [5.41, 5.74) is 0.725. The number of ketones is 1. The van der Waals surface area contributed by atoms with E-state index in [1.807, 2.05) is 0 Å². The van der Waals surface area contributed by atoms with E-state index in [0.29, 0.717) is 16.7 Å². The Balaban J connectivity index is 2.41. The summed E-state index contributed by atoms with van der Waals surface area (Å²) >= 11 is 5.77. The standard InChI is InChI=1S/C16H16ClN3O3S/c1-10-8-16(20-12(3)19-10)18-9-15(11(2)21)24(22,23)14-6-4-13(17)5-7-14/h4-9H,1-3H3,(H,18,19,20). The molecule has 0 unspecified atom stereocenters. The molecule has 1 N–H and O–H groups in total. The van der Waals surface area contributed by atoms with Crippen LogP contribution >= 0.6 is 11.6 Å². The summed E-state index contributed by atoms with van der Waals surface area (Å²) in [7, 11) is -3.96. The number of rotatable bonds is 5. The van der Waals surface area contributed by atoms with Crippen molar-refractivity contribution in [2.75, 3.05) is 5.32 Å². The van der Waals surface area contributed by atoms with E-state index < -0.39 is 15.6 Å². The lowest BCUT2D eigenvalue weighted by atomic mass is 10.4. The molecule has 2 rings (SSSR count). The van der Waals surface area contributed by atoms with Crippen molar-refractivity contribution in [2.24, 2.45) is 0 Å². The van der Waals surface area contributed by atoms with E-state index in [9.17, 15) is 13.2 Å². The van der Waals surface area contributed by atoms with E-state index in [1.165, 1.54) is 31.2 Å². The van der Waals surface area contributed by atoms with Crippen LogP contribution in [0.2, 0.25) is 5.02 Å². The number of nitrogens with one attached hydrogen (secondary N) is 1. The summed E-state index contributed by atoms with van der Waals surface area (Å²) < 4.78 is 25.3. The van der Waals surface area contributed by atoms with Crippen LogP contribution in [0.4, 0.5) is 5.82 Å². The molecule has 0 aliphatic rings. The van der Waals surface area contributed by atoms with Crippen LogP contribution in [0.25, 0.3) is 0 Å². The minimum atomic E-state index is -3.96. The molecule has 1 aromatic carbocycles. The fourth-order valence-corrected chi connectivity index (χ4v) is 3.51. The Kier molecular flexibility index (Phi) is 5.36. The molecule has 0 spiro atoms. The van der Waals surface area contributed by atoms with Crippen molar-refractivity contribution in [2.45, 2.75) is 25.7 Å². The Labute approximate surface area is 145 Å². The first-order valence-electron chi connectivity index (χ1n) is 7.01. The number of sulfone groups is 1. The monoisotopic (exact) mass is 365 g/mol. The third kappa shape index (κ3) is 4.18. The number of hydrogen-bond donors (Lipinski definition) is 1. The summed E-state index contributed by atoms with van der Waals surface area (Å²) in [6.45, 7) is 4.70. The zero-order valence-corrected chi connectivity index (χ0v) is 14.9. The lowest BCUT2D eigenvalue weighted by Gasteiger charge is -2.08. The highest BCUT2D eigenvalue weighted by Gasteiger charge is 2.24. The van der Waals surface area contributed by atoms with Crippen LogP contribution in [0.1, 0.15) is 18.4 Å². The van der Waals surface area contributed by atoms with Crippen molar-refractivity contribution >= 4 is 33.0 Å². The van der Waals surface area contributed by atoms with Crippen LogP contribution in [-0.2, 0) is 14.6 Å². The Morgan fingerprint density at radius 1 is 1.17 bits per heavy atom. The maximum Gasteiger partial charge on any atom is 0.211 e. The predicted molar refractivity (Wildman–Crippen MR) is 92.5 cm³/mol. The first kappa shape index (κ1) is 18.1. The average molecular weight is 366 g/mol. The number of carbonyl (C=O) groups excluding carboxylic acids is 1. The molecule has 0 bridgehead atoms. The van der Waals surface area contributed by atoms with E-state index >= 15 is 0 Å². The van der Waals surface area contributed by atoms with Gasteiger partial charge in [-0.3, -0.25) is 4.79 Å². The van der Waals surface area contributed by atoms with Gasteiger partial charge in [-0.25, -0.2) is 18.4 Å². The van der Waals surface area contributed by atoms with Gasteiger partial charge in [0.2, 0.25) is 9.84 Å². The smallest absolute Gasteiger partial charge is 0.211 e. The number of anilines is 1. The van der Waals surface area contributed by atoms with Gasteiger partial charge in [0, 0.05) is 23.0 Å². The van der Waals surface area contributed by atoms with Gasteiger partial charge in [0.15, 0.2) is 5.78 Å². The zero-order chi connectivity index (χ0) is 17.9. The van der Waals surface area contributed by atoms with Gasteiger partial charge in [-0.05, 0) is 45.0 Å². The fourth-order valence-electron chi connectivity index (χ4n) is 2.04. The summed E-state index contributed by atoms with van der Waals surface area (Å²) in [6.07, 6.45) is 1.15. The molecule has 6 nitrogen and oxygen atoms in total. The van der Waals surface area contributed by atoms with Crippen LogP contribution in [0.5, 0.6) is 0 Å². The maximum absolute atomic E-state index is 12.6. The fraction of sp³-hybridized carbons (Fsp3) is 0.188. The van der Waals surface area contributed by atoms with E-state index in [0.717, 1.165) is 11.9 Å². The van der Waals surface area contributed by atoms with E-state index in [4.69, 9.17) is 11.6 Å². The molecular weight excluding hydrogens is 350 g/mol. The average Bonchev–Trinajstić information content (AvgIpc) is 2.46. The topological polar surface area (TPSA) is 89.0 Å². The second kappa shape index (κ2) is 7.11. The van der Waals surface area contributed by atoms with Crippen LogP contribution in [0.15, 0.2) is 46.3 Å². The van der Waals surface area contributed by atoms with Crippen molar-refractivity contribution in [3.63, 3.8) is 0 Å². The zero-order valence-electron chi connectivity index (χ0n) is 13.4. The number of halogens is 1. The molecule has 0 aliphatic heterocycles. The van der Waals surface area contributed by atoms with Gasteiger partial charge < -0.3 is 5.32 Å². The second-order valence-electron chi connectivity index (χ2n) is 5.11. The molecule has 0 saturated heterocycles. The molecule has 0 atom stereocenters. The van der Waals surface area contributed by atoms with Crippen LogP contribution in [0.3, 0.4) is 0 Å². The molecule has 0 saturated carbocycles. The van der Waals surface area contributed by atoms with Gasteiger partial charge in [0.25, 0.3) is 0 Å². The third-order valence-electron chi connectivity index (χ3n) is 3.08. The minimum Gasteiger partial charge on any atom is -0.345 e. The molecule has 0 aliphatic carbocycles. The highest BCUT2D eigenvalue weighted by molar-refractivity contribution is 7.96. The van der Waals surface area contributed by atoms with Crippen molar-refractivity contribution in [3.8, 4) is 0 Å². The molecule has 0 radical (unpaired) electrons. The molecule has 1 aromatic heterocycles. The van der Waals surface area contributed by atoms with E-state index in [1.54, 1.807) is 19.9 Å². The lowest BCUT2D eigenvalue weighted by Crippen LogP contribution is -2.13. The van der Waals surface area contributed by atoms with Gasteiger partial charge >= 0.3 is 0 Å². The van der Waals surface area contributed by atoms with Gasteiger partial charge in [-0.15, -0.1) is 0 Å². The number of carbonyl (C=O) groups is 1. The number of hydrogen-bond acceptors (Lipinski definition) is 6. The van der Waals surface area contributed by atoms with Gasteiger partial charge in [-0.2, -0.15) is 0 Å². The Morgan fingerprint density at radius 2 is 1.79 bits per heavy atom. The maximum atomic E-state index is 12.6. The second-order valence-corrected chi connectivity index (χ2v) is 7.46. The number of Topliss-reactive ketones (excluding diaryl/α,β-unsaturated/α-hetero) is 1. The summed E-state index contributed by atoms with van der Waals surface area (Å²) in [6, 6.07) is 7.27. The Bertz CT molecular complexity index is 886. The van der Waals surface area contributed by atoms with Crippen LogP contribution in [-0.4, -0.2) is 24.2 Å². The quantitative estimate of drug-likeness (QED) is 0.819. The van der Waals surface area contributed by atoms with Crippen molar-refractivity contribution in [3.05, 3.63) is 58.0 Å². The lowest BCUT2D eigenvalue weighted by molar-refractivity contribution is -0.113. The minimum absolute atomic E-state index is 0.00908. The van der Waals surface area contributed by atoms with Gasteiger partial charge in [-0.1, -0.05) is 11.6 Å². The highest BCUT2D eigenvalue weighted by atomic mass is 35.5. The number of nitrogens with zero attached hydrogens (tertiary/aromatic N) is 2. The van der Waals surface area contributed by atoms with Crippen molar-refractivity contribution < 1.29 is 13.2 Å².